The van der Waals surface area contributed by atoms with Gasteiger partial charge in [-0.15, -0.1) is 6.42 Å². The lowest BCUT2D eigenvalue weighted by Crippen LogP contribution is -2.34. The second-order valence-corrected chi connectivity index (χ2v) is 6.77. The molecule has 29 heavy (non-hydrogen) atoms. The molecular formula is C22H22N4O3. The van der Waals surface area contributed by atoms with Crippen molar-refractivity contribution < 1.29 is 14.7 Å². The number of terminal acetylenes is 1. The smallest absolute Gasteiger partial charge is 0.317 e. The minimum atomic E-state index is -0.841. The highest BCUT2D eigenvalue weighted by atomic mass is 16.4. The predicted molar refractivity (Wildman–Crippen MR) is 112 cm³/mol. The molecule has 7 nitrogen and oxygen atoms in total. The number of nitrogens with one attached hydrogen (secondary N) is 1. The molecule has 0 fully saturated rings. The number of nitrogens with two attached hydrogens (primary N) is 1. The zero-order chi connectivity index (χ0) is 20.8. The summed E-state index contributed by atoms with van der Waals surface area (Å²) in [5.41, 5.74) is 9.92. The van der Waals surface area contributed by atoms with Gasteiger partial charge < -0.3 is 16.2 Å². The molecule has 0 bridgehead atoms. The Kier molecular flexibility index (Phi) is 6.27. The molecule has 2 aromatic carbocycles. The highest BCUT2D eigenvalue weighted by molar-refractivity contribution is 6.05. The number of carboxylic acid groups (broad SMARTS) is 1. The zero-order valence-corrected chi connectivity index (χ0v) is 15.9. The highest BCUT2D eigenvalue weighted by Crippen LogP contribution is 2.23. The van der Waals surface area contributed by atoms with Crippen molar-refractivity contribution in [1.82, 2.24) is 4.90 Å². The number of amidine groups is 1. The van der Waals surface area contributed by atoms with Crippen molar-refractivity contribution in [3.8, 4) is 12.3 Å². The number of benzene rings is 2. The van der Waals surface area contributed by atoms with Gasteiger partial charge >= 0.3 is 5.97 Å². The van der Waals surface area contributed by atoms with E-state index < -0.39 is 5.97 Å². The first-order valence-electron chi connectivity index (χ1n) is 9.17. The van der Waals surface area contributed by atoms with E-state index in [0.29, 0.717) is 35.7 Å². The molecular weight excluding hydrogens is 368 g/mol. The van der Waals surface area contributed by atoms with Gasteiger partial charge in [0.05, 0.1) is 6.54 Å². The van der Waals surface area contributed by atoms with Crippen LogP contribution in [-0.4, -0.2) is 47.4 Å². The molecule has 0 aliphatic carbocycles. The van der Waals surface area contributed by atoms with Crippen LogP contribution in [0.2, 0.25) is 0 Å². The third kappa shape index (κ3) is 5.21. The summed E-state index contributed by atoms with van der Waals surface area (Å²) < 4.78 is 0. The predicted octanol–water partition coefficient (Wildman–Crippen LogP) is 1.72. The van der Waals surface area contributed by atoms with Crippen LogP contribution in [0, 0.1) is 12.3 Å². The molecule has 4 N–H and O–H groups in total. The van der Waals surface area contributed by atoms with Gasteiger partial charge in [-0.3, -0.25) is 19.5 Å². The molecule has 3 rings (SSSR count). The average Bonchev–Trinajstić information content (AvgIpc) is 2.71. The standard InChI is InChI=1S/C22H22N4O3/c1-2-10-24-21(23)16-3-5-17(6-4-16)22(29)25-19-8-7-15-9-11-26(14-20(27)28)13-18(15)12-19/h1,3-8,12H,9-11,13-14H2,(H2,23,24)(H,25,29)(H,27,28). The van der Waals surface area contributed by atoms with Gasteiger partial charge in [0.1, 0.15) is 12.4 Å². The van der Waals surface area contributed by atoms with Gasteiger partial charge in [-0.05, 0) is 41.8 Å². The normalized spacial score (nSPS) is 14.0. The number of fused-ring (bicyclic) bond motifs is 1. The van der Waals surface area contributed by atoms with Crippen LogP contribution in [0.4, 0.5) is 5.69 Å². The van der Waals surface area contributed by atoms with Gasteiger partial charge in [-0.25, -0.2) is 0 Å². The van der Waals surface area contributed by atoms with Gasteiger partial charge in [0, 0.05) is 29.9 Å². The number of aliphatic imine (C=N–C) groups is 1. The maximum atomic E-state index is 12.6. The van der Waals surface area contributed by atoms with Gasteiger partial charge in [0.2, 0.25) is 0 Å². The first-order valence-corrected chi connectivity index (χ1v) is 9.17. The number of rotatable bonds is 6. The van der Waals surface area contributed by atoms with Crippen LogP contribution in [0.5, 0.6) is 0 Å². The van der Waals surface area contributed by atoms with E-state index in [9.17, 15) is 9.59 Å². The van der Waals surface area contributed by atoms with E-state index in [0.717, 1.165) is 12.0 Å². The Bertz CT molecular complexity index is 990. The van der Waals surface area contributed by atoms with Gasteiger partial charge in [-0.2, -0.15) is 0 Å². The molecule has 1 aliphatic rings. The summed E-state index contributed by atoms with van der Waals surface area (Å²) >= 11 is 0. The van der Waals surface area contributed by atoms with Gasteiger partial charge in [0.15, 0.2) is 0 Å². The molecule has 0 unspecified atom stereocenters. The van der Waals surface area contributed by atoms with E-state index in [1.807, 2.05) is 23.1 Å². The topological polar surface area (TPSA) is 108 Å². The maximum absolute atomic E-state index is 12.6. The third-order valence-electron chi connectivity index (χ3n) is 4.70. The Balaban J connectivity index is 1.68. The summed E-state index contributed by atoms with van der Waals surface area (Å²) in [6.07, 6.45) is 5.96. The number of amides is 1. The van der Waals surface area contributed by atoms with Crippen LogP contribution in [0.1, 0.15) is 27.0 Å². The first-order chi connectivity index (χ1) is 14.0. The monoisotopic (exact) mass is 390 g/mol. The fraction of sp³-hybridized carbons (Fsp3) is 0.227. The fourth-order valence-corrected chi connectivity index (χ4v) is 3.24. The van der Waals surface area contributed by atoms with Crippen molar-refractivity contribution in [2.24, 2.45) is 10.7 Å². The Morgan fingerprint density at radius 2 is 1.90 bits per heavy atom. The summed E-state index contributed by atoms with van der Waals surface area (Å²) in [4.78, 5) is 29.4. The Morgan fingerprint density at radius 1 is 1.17 bits per heavy atom. The lowest BCUT2D eigenvalue weighted by atomic mass is 9.99. The van der Waals surface area contributed by atoms with E-state index in [4.69, 9.17) is 17.3 Å². The van der Waals surface area contributed by atoms with Gasteiger partial charge in [-0.1, -0.05) is 24.1 Å². The molecule has 1 heterocycles. The summed E-state index contributed by atoms with van der Waals surface area (Å²) in [5, 5.41) is 11.9. The number of hydrogen-bond donors (Lipinski definition) is 3. The number of carboxylic acids is 1. The lowest BCUT2D eigenvalue weighted by Gasteiger charge is -2.27. The van der Waals surface area contributed by atoms with E-state index in [1.165, 1.54) is 5.56 Å². The van der Waals surface area contributed by atoms with Crippen LogP contribution in [0.3, 0.4) is 0 Å². The minimum absolute atomic E-state index is 0.0101. The van der Waals surface area contributed by atoms with Crippen molar-refractivity contribution in [2.45, 2.75) is 13.0 Å². The van der Waals surface area contributed by atoms with Gasteiger partial charge in [0.25, 0.3) is 5.91 Å². The quantitative estimate of drug-likeness (QED) is 0.395. The van der Waals surface area contributed by atoms with Crippen molar-refractivity contribution in [1.29, 1.82) is 0 Å². The van der Waals surface area contributed by atoms with Crippen molar-refractivity contribution in [2.75, 3.05) is 25.0 Å². The number of carbonyl (C=O) groups is 2. The molecule has 148 valence electrons. The van der Waals surface area contributed by atoms with Crippen LogP contribution in [0.25, 0.3) is 0 Å². The molecule has 0 atom stereocenters. The molecule has 0 radical (unpaired) electrons. The zero-order valence-electron chi connectivity index (χ0n) is 15.9. The molecule has 0 saturated carbocycles. The number of carbonyl (C=O) groups excluding carboxylic acids is 1. The molecule has 2 aromatic rings. The number of hydrogen-bond acceptors (Lipinski definition) is 4. The van der Waals surface area contributed by atoms with Crippen molar-refractivity contribution in [3.63, 3.8) is 0 Å². The molecule has 0 saturated heterocycles. The van der Waals surface area contributed by atoms with Crippen LogP contribution in [-0.2, 0) is 17.8 Å². The summed E-state index contributed by atoms with van der Waals surface area (Å²) in [6, 6.07) is 12.5. The molecule has 0 spiro atoms. The summed E-state index contributed by atoms with van der Waals surface area (Å²) in [6.45, 7) is 1.48. The van der Waals surface area contributed by atoms with E-state index in [-0.39, 0.29) is 19.0 Å². The first kappa shape index (κ1) is 20.1. The number of nitrogens with zero attached hydrogens (tertiary/aromatic N) is 2. The molecule has 1 amide bonds. The summed E-state index contributed by atoms with van der Waals surface area (Å²) in [5.74, 6) is 1.64. The van der Waals surface area contributed by atoms with Crippen LogP contribution < -0.4 is 11.1 Å². The second kappa shape index (κ2) is 9.04. The van der Waals surface area contributed by atoms with E-state index >= 15 is 0 Å². The molecule has 1 aliphatic heterocycles. The van der Waals surface area contributed by atoms with E-state index in [2.05, 4.69) is 16.2 Å². The minimum Gasteiger partial charge on any atom is -0.480 e. The third-order valence-corrected chi connectivity index (χ3v) is 4.70. The van der Waals surface area contributed by atoms with E-state index in [1.54, 1.807) is 24.3 Å². The van der Waals surface area contributed by atoms with Crippen LogP contribution in [0.15, 0.2) is 47.5 Å². The Morgan fingerprint density at radius 3 is 2.59 bits per heavy atom. The SMILES string of the molecule is C#CCN=C(N)c1ccc(C(=O)Nc2ccc3c(c2)CN(CC(=O)O)CC3)cc1. The fourth-order valence-electron chi connectivity index (χ4n) is 3.24. The largest absolute Gasteiger partial charge is 0.480 e. The average molecular weight is 390 g/mol. The number of aliphatic carboxylic acids is 1. The van der Waals surface area contributed by atoms with Crippen molar-refractivity contribution >= 4 is 23.4 Å². The Hall–Kier alpha value is -3.63. The summed E-state index contributed by atoms with van der Waals surface area (Å²) in [7, 11) is 0. The maximum Gasteiger partial charge on any atom is 0.317 e. The molecule has 7 heteroatoms. The highest BCUT2D eigenvalue weighted by Gasteiger charge is 2.19. The lowest BCUT2D eigenvalue weighted by molar-refractivity contribution is -0.138. The van der Waals surface area contributed by atoms with Crippen molar-refractivity contribution in [3.05, 3.63) is 64.7 Å². The second-order valence-electron chi connectivity index (χ2n) is 6.77. The number of anilines is 1. The molecule has 0 aromatic heterocycles. The van der Waals surface area contributed by atoms with Crippen LogP contribution >= 0.6 is 0 Å². The Labute approximate surface area is 169 Å².